The molecular formula is C10H10OSe. The summed E-state index contributed by atoms with van der Waals surface area (Å²) in [4.78, 5) is 2.96. The van der Waals surface area contributed by atoms with Gasteiger partial charge < -0.3 is 0 Å². The zero-order valence-electron chi connectivity index (χ0n) is 6.78. The monoisotopic (exact) mass is 226 g/mol. The van der Waals surface area contributed by atoms with Crippen molar-refractivity contribution < 1.29 is 5.11 Å². The molecular weight excluding hydrogens is 215 g/mol. The van der Waals surface area contributed by atoms with Gasteiger partial charge in [-0.3, -0.25) is 0 Å². The number of rotatable bonds is 0. The first kappa shape index (κ1) is 9.22. The summed E-state index contributed by atoms with van der Waals surface area (Å²) in [5.41, 5.74) is 1.01. The van der Waals surface area contributed by atoms with Crippen LogP contribution in [0.15, 0.2) is 30.3 Å². The molecule has 0 fully saturated rings. The van der Waals surface area contributed by atoms with Gasteiger partial charge in [0.25, 0.3) is 0 Å². The van der Waals surface area contributed by atoms with E-state index in [0.717, 1.165) is 5.56 Å². The van der Waals surface area contributed by atoms with Gasteiger partial charge in [-0.15, -0.1) is 0 Å². The minimum atomic E-state index is -0.316. The van der Waals surface area contributed by atoms with Gasteiger partial charge in [-0.2, -0.15) is 0 Å². The summed E-state index contributed by atoms with van der Waals surface area (Å²) in [5, 5.41) is 8.89. The number of benzene rings is 1. The normalized spacial score (nSPS) is 11.0. The molecule has 0 saturated carbocycles. The Balaban J connectivity index is 2.74. The van der Waals surface area contributed by atoms with E-state index in [9.17, 15) is 0 Å². The fourth-order valence-corrected chi connectivity index (χ4v) is 1.42. The van der Waals surface area contributed by atoms with E-state index in [1.165, 1.54) is 0 Å². The van der Waals surface area contributed by atoms with Crippen LogP contribution in [-0.4, -0.2) is 24.2 Å². The summed E-state index contributed by atoms with van der Waals surface area (Å²) in [6.45, 7) is 1.69. The van der Waals surface area contributed by atoms with Crippen LogP contribution in [0, 0.1) is 10.7 Å². The zero-order chi connectivity index (χ0) is 8.81. The summed E-state index contributed by atoms with van der Waals surface area (Å²) in [7, 11) is 0. The van der Waals surface area contributed by atoms with E-state index in [0.29, 0.717) is 4.60 Å². The zero-order valence-corrected chi connectivity index (χ0v) is 8.66. The van der Waals surface area contributed by atoms with Gasteiger partial charge >= 0.3 is 77.8 Å². The standard InChI is InChI=1S/C10H10OSe/c1-9(11)12-8-7-10-5-3-2-4-6-10/h2-6,11-12H,1H3. The first-order chi connectivity index (χ1) is 5.79. The van der Waals surface area contributed by atoms with Crippen LogP contribution in [0.5, 0.6) is 0 Å². The molecule has 0 aliphatic carbocycles. The Kier molecular flexibility index (Phi) is 3.76. The van der Waals surface area contributed by atoms with Crippen molar-refractivity contribution in [1.29, 1.82) is 0 Å². The van der Waals surface area contributed by atoms with Crippen LogP contribution in [0.2, 0.25) is 0 Å². The molecule has 0 aliphatic heterocycles. The maximum atomic E-state index is 8.89. The van der Waals surface area contributed by atoms with Gasteiger partial charge in [-0.1, -0.05) is 0 Å². The number of hydrogen-bond donors (Lipinski definition) is 1. The van der Waals surface area contributed by atoms with Crippen LogP contribution in [0.25, 0.3) is 0 Å². The Labute approximate surface area is 78.1 Å². The Hall–Kier alpha value is -0.871. The van der Waals surface area contributed by atoms with E-state index in [4.69, 9.17) is 5.11 Å². The van der Waals surface area contributed by atoms with Crippen molar-refractivity contribution in [2.75, 3.05) is 0 Å². The molecule has 0 aliphatic rings. The molecule has 0 heterocycles. The molecule has 0 saturated heterocycles. The van der Waals surface area contributed by atoms with E-state index in [1.54, 1.807) is 6.92 Å². The van der Waals surface area contributed by atoms with Gasteiger partial charge in [-0.25, -0.2) is 0 Å². The SMILES string of the molecule is CC(O)=[SeH]C#Cc1ccccc1. The molecule has 0 radical (unpaired) electrons. The van der Waals surface area contributed by atoms with E-state index in [2.05, 4.69) is 10.7 Å². The molecule has 0 aromatic heterocycles. The molecule has 12 heavy (non-hydrogen) atoms. The maximum absolute atomic E-state index is 8.89. The molecule has 0 unspecified atom stereocenters. The van der Waals surface area contributed by atoms with Gasteiger partial charge in [0.15, 0.2) is 0 Å². The van der Waals surface area contributed by atoms with E-state index in [1.807, 2.05) is 30.3 Å². The van der Waals surface area contributed by atoms with Crippen molar-refractivity contribution in [1.82, 2.24) is 0 Å². The van der Waals surface area contributed by atoms with Gasteiger partial charge in [0.1, 0.15) is 0 Å². The summed E-state index contributed by atoms with van der Waals surface area (Å²) in [5.74, 6) is 2.99. The van der Waals surface area contributed by atoms with Crippen molar-refractivity contribution in [2.45, 2.75) is 6.92 Å². The number of aliphatic hydroxyl groups is 1. The first-order valence-corrected chi connectivity index (χ1v) is 5.46. The third-order valence-electron chi connectivity index (χ3n) is 1.19. The van der Waals surface area contributed by atoms with Crippen molar-refractivity contribution in [2.24, 2.45) is 0 Å². The molecule has 2 heteroatoms. The van der Waals surface area contributed by atoms with Gasteiger partial charge in [0.05, 0.1) is 0 Å². The Morgan fingerprint density at radius 2 is 2.00 bits per heavy atom. The number of aliphatic hydroxyl groups excluding tert-OH is 1. The molecule has 0 bridgehead atoms. The fourth-order valence-electron chi connectivity index (χ4n) is 0.695. The minimum absolute atomic E-state index is 0.316. The quantitative estimate of drug-likeness (QED) is 0.515. The van der Waals surface area contributed by atoms with Crippen LogP contribution < -0.4 is 0 Å². The van der Waals surface area contributed by atoms with Crippen molar-refractivity contribution in [3.05, 3.63) is 35.9 Å². The molecule has 0 amide bonds. The van der Waals surface area contributed by atoms with Crippen molar-refractivity contribution in [3.8, 4) is 10.7 Å². The first-order valence-electron chi connectivity index (χ1n) is 3.58. The molecule has 62 valence electrons. The van der Waals surface area contributed by atoms with E-state index >= 15 is 0 Å². The van der Waals surface area contributed by atoms with Gasteiger partial charge in [0, 0.05) is 0 Å². The molecule has 1 rings (SSSR count). The Morgan fingerprint density at radius 3 is 2.58 bits per heavy atom. The second-order valence-corrected chi connectivity index (χ2v) is 4.56. The molecule has 1 aromatic rings. The molecule has 0 spiro atoms. The third-order valence-corrected chi connectivity index (χ3v) is 2.34. The van der Waals surface area contributed by atoms with Crippen LogP contribution in [0.1, 0.15) is 12.5 Å². The summed E-state index contributed by atoms with van der Waals surface area (Å²) >= 11 is -0.316. The second-order valence-electron chi connectivity index (χ2n) is 2.26. The Bertz CT molecular complexity index is 326. The van der Waals surface area contributed by atoms with Crippen LogP contribution in [0.3, 0.4) is 0 Å². The molecule has 1 nitrogen and oxygen atoms in total. The van der Waals surface area contributed by atoms with Gasteiger partial charge in [0.2, 0.25) is 0 Å². The number of hydrogen-bond acceptors (Lipinski definition) is 1. The topological polar surface area (TPSA) is 20.2 Å². The summed E-state index contributed by atoms with van der Waals surface area (Å²) in [6.07, 6.45) is 0. The average molecular weight is 225 g/mol. The summed E-state index contributed by atoms with van der Waals surface area (Å²) in [6, 6.07) is 9.79. The van der Waals surface area contributed by atoms with Gasteiger partial charge in [-0.05, 0) is 0 Å². The fraction of sp³-hybridized carbons (Fsp3) is 0.100. The average Bonchev–Trinajstić information content (AvgIpc) is 2.05. The van der Waals surface area contributed by atoms with Crippen LogP contribution >= 0.6 is 0 Å². The van der Waals surface area contributed by atoms with Crippen molar-refractivity contribution >= 4 is 19.1 Å². The molecule has 0 atom stereocenters. The predicted octanol–water partition coefficient (Wildman–Crippen LogP) is 0.954. The van der Waals surface area contributed by atoms with E-state index in [-0.39, 0.29) is 14.5 Å². The van der Waals surface area contributed by atoms with Crippen molar-refractivity contribution in [3.63, 3.8) is 0 Å². The summed E-state index contributed by atoms with van der Waals surface area (Å²) < 4.78 is 0.453. The second kappa shape index (κ2) is 4.90. The predicted molar refractivity (Wildman–Crippen MR) is 53.1 cm³/mol. The molecule has 1 aromatic carbocycles. The van der Waals surface area contributed by atoms with Crippen LogP contribution in [0.4, 0.5) is 0 Å². The van der Waals surface area contributed by atoms with Crippen LogP contribution in [-0.2, 0) is 0 Å². The molecule has 1 N–H and O–H groups in total. The third kappa shape index (κ3) is 3.50. The van der Waals surface area contributed by atoms with E-state index < -0.39 is 0 Å². The Morgan fingerprint density at radius 1 is 1.33 bits per heavy atom.